The van der Waals surface area contributed by atoms with Gasteiger partial charge in [0.25, 0.3) is 10.1 Å². The molecule has 0 aliphatic heterocycles. The fourth-order valence-electron chi connectivity index (χ4n) is 2.70. The second-order valence-corrected chi connectivity index (χ2v) is 8.37. The summed E-state index contributed by atoms with van der Waals surface area (Å²) < 4.78 is 34.2. The monoisotopic (exact) mass is 468 g/mol. The average Bonchev–Trinajstić information content (AvgIpc) is 2.66. The standard InChI is InChI=1S/C17H27O.C4H6O7S.Na/c1-3-5-6-7-8-9-10-13-16-14-11-12-15-17(16)18-4-2;5-3(6)1-2(4(7)8)12(9,10)11;/h4,11-12,14-15H,3,5-10,13H2,1-2H3;2H,1H2,(H,5,6)(H,7,8)(H,9,10,11);/q-1;;+1. The molecule has 8 nitrogen and oxygen atoms in total. The average molecular weight is 469 g/mol. The number of rotatable bonds is 14. The number of benzene rings is 1. The first-order chi connectivity index (χ1) is 14.1. The van der Waals surface area contributed by atoms with Crippen molar-refractivity contribution in [3.05, 3.63) is 36.4 Å². The summed E-state index contributed by atoms with van der Waals surface area (Å²) in [7, 11) is -4.84. The Balaban J connectivity index is 0. The van der Waals surface area contributed by atoms with Crippen LogP contribution in [0.1, 0.15) is 70.8 Å². The molecule has 1 atom stereocenters. The van der Waals surface area contributed by atoms with Crippen molar-refractivity contribution < 1.29 is 67.1 Å². The summed E-state index contributed by atoms with van der Waals surface area (Å²) in [6.45, 7) is 5.94. The van der Waals surface area contributed by atoms with Crippen LogP contribution >= 0.6 is 0 Å². The Kier molecular flexibility index (Phi) is 19.1. The molecule has 0 amide bonds. The maximum absolute atomic E-state index is 10.2. The molecule has 0 fully saturated rings. The van der Waals surface area contributed by atoms with Gasteiger partial charge in [0.1, 0.15) is 0 Å². The molecule has 0 spiro atoms. The summed E-state index contributed by atoms with van der Waals surface area (Å²) in [6.07, 6.45) is 9.50. The number of carboxylic acid groups (broad SMARTS) is 2. The SMILES string of the molecule is C[CH-]Oc1ccccc1CCCCCCCCC.O=C(O)CC(C(=O)O)S(=O)(=O)O.[Na+]. The van der Waals surface area contributed by atoms with E-state index in [0.717, 1.165) is 12.2 Å². The van der Waals surface area contributed by atoms with Crippen molar-refractivity contribution in [2.45, 2.75) is 76.9 Å². The summed E-state index contributed by atoms with van der Waals surface area (Å²) in [6, 6.07) is 8.36. The van der Waals surface area contributed by atoms with E-state index in [4.69, 9.17) is 19.5 Å². The smallest absolute Gasteiger partial charge is 0.662 e. The number of hydrogen-bond acceptors (Lipinski definition) is 5. The topological polar surface area (TPSA) is 138 Å². The van der Waals surface area contributed by atoms with E-state index < -0.39 is 33.7 Å². The third-order valence-electron chi connectivity index (χ3n) is 4.26. The fourth-order valence-corrected chi connectivity index (χ4v) is 3.31. The van der Waals surface area contributed by atoms with E-state index >= 15 is 0 Å². The van der Waals surface area contributed by atoms with E-state index in [9.17, 15) is 18.0 Å². The largest absolute Gasteiger partial charge is 1.00 e. The van der Waals surface area contributed by atoms with Crippen LogP contribution in [0.3, 0.4) is 0 Å². The Morgan fingerprint density at radius 3 is 2.03 bits per heavy atom. The van der Waals surface area contributed by atoms with Gasteiger partial charge >= 0.3 is 41.5 Å². The van der Waals surface area contributed by atoms with Crippen LogP contribution in [0.2, 0.25) is 0 Å². The molecule has 1 aromatic rings. The zero-order valence-electron chi connectivity index (χ0n) is 18.6. The molecule has 31 heavy (non-hydrogen) atoms. The van der Waals surface area contributed by atoms with Crippen molar-refractivity contribution >= 4 is 22.1 Å². The molecule has 0 bridgehead atoms. The van der Waals surface area contributed by atoms with Gasteiger partial charge in [0.2, 0.25) is 0 Å². The predicted octanol–water partition coefficient (Wildman–Crippen LogP) is 1.35. The molecule has 0 aromatic heterocycles. The molecule has 0 saturated heterocycles. The summed E-state index contributed by atoms with van der Waals surface area (Å²) >= 11 is 0. The molecule has 0 aliphatic rings. The van der Waals surface area contributed by atoms with Crippen LogP contribution in [-0.4, -0.2) is 40.4 Å². The number of ether oxygens (including phenoxy) is 1. The van der Waals surface area contributed by atoms with Gasteiger partial charge in [-0.1, -0.05) is 63.6 Å². The summed E-state index contributed by atoms with van der Waals surface area (Å²) in [5.74, 6) is -2.48. The molecule has 3 N–H and O–H groups in total. The Morgan fingerprint density at radius 1 is 1.03 bits per heavy atom. The van der Waals surface area contributed by atoms with Crippen molar-refractivity contribution in [2.75, 3.05) is 0 Å². The van der Waals surface area contributed by atoms with Gasteiger partial charge in [-0.15, -0.1) is 0 Å². The molecule has 0 radical (unpaired) electrons. The summed E-state index contributed by atoms with van der Waals surface area (Å²) in [5, 5.41) is 13.9. The number of hydrogen-bond donors (Lipinski definition) is 3. The van der Waals surface area contributed by atoms with Gasteiger partial charge in [0.05, 0.1) is 12.2 Å². The van der Waals surface area contributed by atoms with Crippen LogP contribution < -0.4 is 34.3 Å². The maximum atomic E-state index is 10.2. The van der Waals surface area contributed by atoms with Gasteiger partial charge in [-0.05, 0) is 24.5 Å². The Morgan fingerprint density at radius 2 is 1.58 bits per heavy atom. The van der Waals surface area contributed by atoms with Crippen molar-refractivity contribution in [3.63, 3.8) is 0 Å². The Labute approximate surface area is 207 Å². The van der Waals surface area contributed by atoms with E-state index in [2.05, 4.69) is 25.1 Å². The number of aliphatic carboxylic acids is 2. The fraction of sp³-hybridized carbons (Fsp3) is 0.571. The van der Waals surface area contributed by atoms with E-state index in [1.807, 2.05) is 13.0 Å². The molecule has 1 unspecified atom stereocenters. The van der Waals surface area contributed by atoms with Gasteiger partial charge in [-0.2, -0.15) is 21.9 Å². The van der Waals surface area contributed by atoms with Gasteiger partial charge in [-0.25, -0.2) is 0 Å². The van der Waals surface area contributed by atoms with Crippen LogP contribution in [0.5, 0.6) is 5.75 Å². The Bertz CT molecular complexity index is 737. The molecule has 0 aliphatic carbocycles. The normalized spacial score (nSPS) is 11.5. The number of para-hydroxylation sites is 1. The summed E-state index contributed by atoms with van der Waals surface area (Å²) in [5.41, 5.74) is 1.34. The number of carboxylic acids is 2. The third kappa shape index (κ3) is 16.2. The van der Waals surface area contributed by atoms with Crippen LogP contribution in [0, 0.1) is 6.61 Å². The van der Waals surface area contributed by atoms with Crippen molar-refractivity contribution in [1.29, 1.82) is 0 Å². The zero-order chi connectivity index (χ0) is 23.0. The first kappa shape index (κ1) is 32.1. The van der Waals surface area contributed by atoms with Crippen molar-refractivity contribution in [1.82, 2.24) is 0 Å². The van der Waals surface area contributed by atoms with Crippen molar-refractivity contribution in [3.8, 4) is 5.75 Å². The third-order valence-corrected chi connectivity index (χ3v) is 5.35. The maximum Gasteiger partial charge on any atom is 1.00 e. The quantitative estimate of drug-likeness (QED) is 0.161. The molecular formula is C21H33NaO8S. The van der Waals surface area contributed by atoms with Crippen LogP contribution in [0.25, 0.3) is 0 Å². The van der Waals surface area contributed by atoms with Crippen LogP contribution in [0.15, 0.2) is 24.3 Å². The van der Waals surface area contributed by atoms with Gasteiger partial charge in [-0.3, -0.25) is 14.1 Å². The molecule has 0 saturated carbocycles. The van der Waals surface area contributed by atoms with E-state index in [0.29, 0.717) is 0 Å². The minimum absolute atomic E-state index is 0. The molecule has 1 rings (SSSR count). The second-order valence-electron chi connectivity index (χ2n) is 6.77. The molecule has 10 heteroatoms. The number of carbonyl (C=O) groups is 2. The van der Waals surface area contributed by atoms with Crippen molar-refractivity contribution in [2.24, 2.45) is 0 Å². The van der Waals surface area contributed by atoms with Crippen LogP contribution in [-0.2, 0) is 26.1 Å². The van der Waals surface area contributed by atoms with E-state index in [1.54, 1.807) is 6.61 Å². The minimum Gasteiger partial charge on any atom is -0.662 e. The summed E-state index contributed by atoms with van der Waals surface area (Å²) in [4.78, 5) is 20.0. The second kappa shape index (κ2) is 18.4. The Hall–Kier alpha value is -1.13. The number of aryl methyl sites for hydroxylation is 1. The van der Waals surface area contributed by atoms with Gasteiger partial charge in [0.15, 0.2) is 5.25 Å². The van der Waals surface area contributed by atoms with Gasteiger partial charge in [0, 0.05) is 0 Å². The van der Waals surface area contributed by atoms with E-state index in [-0.39, 0.29) is 29.6 Å². The molecule has 172 valence electrons. The first-order valence-corrected chi connectivity index (χ1v) is 11.6. The molecule has 0 heterocycles. The zero-order valence-corrected chi connectivity index (χ0v) is 21.4. The first-order valence-electron chi connectivity index (χ1n) is 10.1. The minimum atomic E-state index is -4.84. The van der Waals surface area contributed by atoms with Crippen LogP contribution in [0.4, 0.5) is 0 Å². The predicted molar refractivity (Wildman–Crippen MR) is 114 cm³/mol. The molecule has 1 aromatic carbocycles. The molecular weight excluding hydrogens is 435 g/mol. The van der Waals surface area contributed by atoms with Gasteiger partial charge < -0.3 is 14.9 Å². The number of unbranched alkanes of at least 4 members (excludes halogenated alkanes) is 6. The van der Waals surface area contributed by atoms with E-state index in [1.165, 1.54) is 50.5 Å².